The summed E-state index contributed by atoms with van der Waals surface area (Å²) in [6.45, 7) is 2.39. The van der Waals surface area contributed by atoms with Crippen LogP contribution in [0, 0.1) is 0 Å². The number of likely N-dealkylation sites (tertiary alicyclic amines) is 1. The van der Waals surface area contributed by atoms with Crippen molar-refractivity contribution in [2.24, 2.45) is 0 Å². The number of carbonyl (C=O) groups excluding carboxylic acids is 2. The van der Waals surface area contributed by atoms with Crippen molar-refractivity contribution in [2.75, 3.05) is 13.1 Å². The van der Waals surface area contributed by atoms with Gasteiger partial charge in [0.15, 0.2) is 0 Å². The van der Waals surface area contributed by atoms with Gasteiger partial charge in [-0.3, -0.25) is 9.69 Å². The van der Waals surface area contributed by atoms with Gasteiger partial charge in [-0.25, -0.2) is 4.79 Å². The van der Waals surface area contributed by atoms with Gasteiger partial charge >= 0.3 is 5.97 Å². The van der Waals surface area contributed by atoms with Crippen LogP contribution in [0.15, 0.2) is 84.9 Å². The molecule has 3 aromatic rings. The molecule has 0 atom stereocenters. The first kappa shape index (κ1) is 27.1. The molecule has 0 spiro atoms. The first-order valence-electron chi connectivity index (χ1n) is 14.5. The molecule has 0 unspecified atom stereocenters. The van der Waals surface area contributed by atoms with E-state index in [2.05, 4.69) is 40.5 Å². The summed E-state index contributed by atoms with van der Waals surface area (Å²) in [5, 5.41) is 3.31. The van der Waals surface area contributed by atoms with E-state index in [1.807, 2.05) is 36.4 Å². The minimum absolute atomic E-state index is 0.0673. The summed E-state index contributed by atoms with van der Waals surface area (Å²) in [6.07, 6.45) is 10.2. The van der Waals surface area contributed by atoms with Crippen LogP contribution in [0.2, 0.25) is 0 Å². The molecule has 5 rings (SSSR count). The number of carbonyl (C=O) groups is 2. The second kappa shape index (κ2) is 13.1. The number of nitrogens with one attached hydrogen (secondary N) is 1. The average molecular weight is 525 g/mol. The van der Waals surface area contributed by atoms with E-state index in [1.165, 1.54) is 37.9 Å². The number of rotatable bonds is 9. The summed E-state index contributed by atoms with van der Waals surface area (Å²) in [5.41, 5.74) is 2.99. The minimum atomic E-state index is -0.387. The summed E-state index contributed by atoms with van der Waals surface area (Å²) >= 11 is 0. The second-order valence-corrected chi connectivity index (χ2v) is 11.1. The molecule has 0 radical (unpaired) electrons. The highest BCUT2D eigenvalue weighted by atomic mass is 16.5. The van der Waals surface area contributed by atoms with Gasteiger partial charge < -0.3 is 10.1 Å². The van der Waals surface area contributed by atoms with E-state index in [0.717, 1.165) is 37.7 Å². The summed E-state index contributed by atoms with van der Waals surface area (Å²) in [4.78, 5) is 28.3. The van der Waals surface area contributed by atoms with Crippen molar-refractivity contribution in [3.8, 4) is 5.75 Å². The van der Waals surface area contributed by atoms with Gasteiger partial charge in [0.05, 0.1) is 5.56 Å². The third-order valence-corrected chi connectivity index (χ3v) is 8.49. The van der Waals surface area contributed by atoms with Crippen molar-refractivity contribution < 1.29 is 14.3 Å². The zero-order valence-corrected chi connectivity index (χ0v) is 22.8. The van der Waals surface area contributed by atoms with Gasteiger partial charge in [0, 0.05) is 18.0 Å². The van der Waals surface area contributed by atoms with Gasteiger partial charge in [-0.15, -0.1) is 0 Å². The number of para-hydroxylation sites is 1. The SMILES string of the molecule is O=C(CCc1ccccc1OC(=O)c1ccccc1)NC1CCC(Cc2ccccc2)(N2CCCCC2)CC1. The first-order valence-corrected chi connectivity index (χ1v) is 14.5. The van der Waals surface area contributed by atoms with Crippen molar-refractivity contribution in [1.82, 2.24) is 10.2 Å². The molecule has 1 saturated heterocycles. The summed E-state index contributed by atoms with van der Waals surface area (Å²) in [6, 6.07) is 27.6. The Morgan fingerprint density at radius 1 is 0.821 bits per heavy atom. The minimum Gasteiger partial charge on any atom is -0.423 e. The Hall–Kier alpha value is -3.44. The Kier molecular flexibility index (Phi) is 9.10. The number of nitrogens with zero attached hydrogens (tertiary/aromatic N) is 1. The number of esters is 1. The van der Waals surface area contributed by atoms with E-state index < -0.39 is 0 Å². The maximum Gasteiger partial charge on any atom is 0.343 e. The zero-order valence-electron chi connectivity index (χ0n) is 22.8. The predicted octanol–water partition coefficient (Wildman–Crippen LogP) is 6.36. The lowest BCUT2D eigenvalue weighted by atomic mass is 9.73. The Morgan fingerprint density at radius 3 is 2.18 bits per heavy atom. The highest BCUT2D eigenvalue weighted by Crippen LogP contribution is 2.38. The van der Waals surface area contributed by atoms with Crippen LogP contribution in [-0.2, 0) is 17.6 Å². The van der Waals surface area contributed by atoms with Crippen molar-refractivity contribution in [1.29, 1.82) is 0 Å². The fourth-order valence-electron chi connectivity index (χ4n) is 6.34. The smallest absolute Gasteiger partial charge is 0.343 e. The molecule has 1 amide bonds. The number of hydrogen-bond acceptors (Lipinski definition) is 4. The summed E-state index contributed by atoms with van der Waals surface area (Å²) in [7, 11) is 0. The van der Waals surface area contributed by atoms with Crippen LogP contribution >= 0.6 is 0 Å². The van der Waals surface area contributed by atoms with Gasteiger partial charge in [0.25, 0.3) is 0 Å². The lowest BCUT2D eigenvalue weighted by Gasteiger charge is -2.50. The van der Waals surface area contributed by atoms with E-state index in [-0.39, 0.29) is 23.5 Å². The summed E-state index contributed by atoms with van der Waals surface area (Å²) < 4.78 is 5.67. The fraction of sp³-hybridized carbons (Fsp3) is 0.412. The molecule has 1 saturated carbocycles. The third kappa shape index (κ3) is 7.15. The number of benzene rings is 3. The molecule has 0 aromatic heterocycles. The average Bonchev–Trinajstić information content (AvgIpc) is 2.99. The predicted molar refractivity (Wildman–Crippen MR) is 155 cm³/mol. The van der Waals surface area contributed by atoms with Gasteiger partial charge in [-0.1, -0.05) is 73.2 Å². The second-order valence-electron chi connectivity index (χ2n) is 11.1. The van der Waals surface area contributed by atoms with Gasteiger partial charge in [-0.2, -0.15) is 0 Å². The highest BCUT2D eigenvalue weighted by molar-refractivity contribution is 5.91. The Morgan fingerprint density at radius 2 is 1.46 bits per heavy atom. The van der Waals surface area contributed by atoms with E-state index in [0.29, 0.717) is 24.2 Å². The fourth-order valence-corrected chi connectivity index (χ4v) is 6.34. The number of ether oxygens (including phenoxy) is 1. The molecular weight excluding hydrogens is 484 g/mol. The Labute approximate surface area is 232 Å². The molecule has 5 nitrogen and oxygen atoms in total. The van der Waals surface area contributed by atoms with Crippen LogP contribution in [0.25, 0.3) is 0 Å². The van der Waals surface area contributed by atoms with Gasteiger partial charge in [0.2, 0.25) is 5.91 Å². The molecule has 2 aliphatic rings. The molecule has 1 N–H and O–H groups in total. The van der Waals surface area contributed by atoms with Crippen LogP contribution in [0.1, 0.15) is 72.9 Å². The Balaban J connectivity index is 1.15. The molecule has 0 bridgehead atoms. The Bertz CT molecular complexity index is 1210. The molecule has 3 aromatic carbocycles. The molecule has 204 valence electrons. The molecule has 1 aliphatic carbocycles. The van der Waals surface area contributed by atoms with Gasteiger partial charge in [0.1, 0.15) is 5.75 Å². The van der Waals surface area contributed by atoms with Crippen LogP contribution in [-0.4, -0.2) is 41.4 Å². The standard InChI is InChI=1S/C34H40N2O3/c37-32(19-18-28-14-8-9-17-31(28)39-33(38)29-15-6-2-7-16-29)35-30-20-22-34(23-21-30,36-24-10-3-11-25-36)26-27-12-4-1-5-13-27/h1-2,4-9,12-17,30H,3,10-11,18-26H2,(H,35,37). The highest BCUT2D eigenvalue weighted by Gasteiger charge is 2.40. The number of hydrogen-bond donors (Lipinski definition) is 1. The van der Waals surface area contributed by atoms with Crippen molar-refractivity contribution in [2.45, 2.75) is 75.8 Å². The van der Waals surface area contributed by atoms with Crippen molar-refractivity contribution in [3.63, 3.8) is 0 Å². The maximum absolute atomic E-state index is 13.0. The van der Waals surface area contributed by atoms with E-state index in [9.17, 15) is 9.59 Å². The molecule has 2 fully saturated rings. The van der Waals surface area contributed by atoms with Crippen LogP contribution in [0.4, 0.5) is 0 Å². The largest absolute Gasteiger partial charge is 0.423 e. The molecule has 5 heteroatoms. The first-order chi connectivity index (χ1) is 19.1. The maximum atomic E-state index is 13.0. The molecule has 39 heavy (non-hydrogen) atoms. The quantitative estimate of drug-likeness (QED) is 0.261. The molecule has 1 heterocycles. The number of amides is 1. The number of aryl methyl sites for hydroxylation is 1. The normalized spacial score (nSPS) is 21.7. The lowest BCUT2D eigenvalue weighted by molar-refractivity contribution is -0.122. The van der Waals surface area contributed by atoms with Crippen LogP contribution in [0.5, 0.6) is 5.75 Å². The molecular formula is C34H40N2O3. The van der Waals surface area contributed by atoms with Crippen LogP contribution < -0.4 is 10.1 Å². The van der Waals surface area contributed by atoms with Gasteiger partial charge in [-0.05, 0) is 93.8 Å². The van der Waals surface area contributed by atoms with E-state index in [4.69, 9.17) is 4.74 Å². The lowest BCUT2D eigenvalue weighted by Crippen LogP contribution is -2.56. The van der Waals surface area contributed by atoms with Crippen molar-refractivity contribution >= 4 is 11.9 Å². The third-order valence-electron chi connectivity index (χ3n) is 8.49. The summed E-state index contributed by atoms with van der Waals surface area (Å²) in [5.74, 6) is 0.198. The zero-order chi connectivity index (χ0) is 26.9. The monoisotopic (exact) mass is 524 g/mol. The molecule has 1 aliphatic heterocycles. The van der Waals surface area contributed by atoms with Crippen LogP contribution in [0.3, 0.4) is 0 Å². The van der Waals surface area contributed by atoms with E-state index >= 15 is 0 Å². The van der Waals surface area contributed by atoms with Crippen molar-refractivity contribution in [3.05, 3.63) is 102 Å². The van der Waals surface area contributed by atoms with E-state index in [1.54, 1.807) is 18.2 Å². The number of piperidine rings is 1. The topological polar surface area (TPSA) is 58.6 Å².